The molecule has 0 aliphatic carbocycles. The number of alkyl carbamates (subject to hydrolysis) is 1. The van der Waals surface area contributed by atoms with E-state index in [4.69, 9.17) is 9.73 Å². The number of guanidine groups is 1. The van der Waals surface area contributed by atoms with Gasteiger partial charge >= 0.3 is 6.09 Å². The molecule has 0 aromatic rings. The van der Waals surface area contributed by atoms with Crippen molar-refractivity contribution < 1.29 is 9.53 Å². The van der Waals surface area contributed by atoms with Crippen molar-refractivity contribution in [3.8, 4) is 0 Å². The van der Waals surface area contributed by atoms with Gasteiger partial charge in [-0.2, -0.15) is 0 Å². The molecule has 8 heteroatoms. The molecule has 1 aliphatic heterocycles. The fourth-order valence-electron chi connectivity index (χ4n) is 3.03. The SMILES string of the molecule is CCNC(=NCC(C)CN1CCCCC1)NCCCNC(=O)OC(C)(C)C.I. The van der Waals surface area contributed by atoms with Crippen LogP contribution in [0.1, 0.15) is 60.3 Å². The van der Waals surface area contributed by atoms with Gasteiger partial charge in [0.1, 0.15) is 5.60 Å². The first-order chi connectivity index (χ1) is 12.8. The molecule has 0 spiro atoms. The molecule has 1 aliphatic rings. The van der Waals surface area contributed by atoms with Crippen LogP contribution in [0, 0.1) is 5.92 Å². The molecule has 28 heavy (non-hydrogen) atoms. The maximum Gasteiger partial charge on any atom is 0.407 e. The van der Waals surface area contributed by atoms with Gasteiger partial charge in [0.05, 0.1) is 0 Å². The third kappa shape index (κ3) is 14.3. The maximum atomic E-state index is 11.6. The van der Waals surface area contributed by atoms with Crippen molar-refractivity contribution in [2.75, 3.05) is 45.8 Å². The van der Waals surface area contributed by atoms with Gasteiger partial charge in [-0.15, -0.1) is 24.0 Å². The second kappa shape index (κ2) is 15.1. The molecule has 0 radical (unpaired) electrons. The molecule has 166 valence electrons. The molecule has 0 aromatic heterocycles. The molecule has 1 rings (SSSR count). The van der Waals surface area contributed by atoms with E-state index < -0.39 is 5.60 Å². The summed E-state index contributed by atoms with van der Waals surface area (Å²) in [5.74, 6) is 1.40. The van der Waals surface area contributed by atoms with E-state index in [2.05, 4.69) is 34.7 Å². The number of carbonyl (C=O) groups is 1. The molecule has 1 unspecified atom stereocenters. The zero-order valence-corrected chi connectivity index (χ0v) is 20.8. The number of rotatable bonds is 9. The van der Waals surface area contributed by atoms with Crippen LogP contribution in [0.15, 0.2) is 4.99 Å². The molecule has 3 N–H and O–H groups in total. The molecule has 0 aromatic carbocycles. The van der Waals surface area contributed by atoms with E-state index in [1.807, 2.05) is 20.8 Å². The second-order valence-electron chi connectivity index (χ2n) is 8.40. The summed E-state index contributed by atoms with van der Waals surface area (Å²) in [4.78, 5) is 18.9. The predicted molar refractivity (Wildman–Crippen MR) is 128 cm³/mol. The largest absolute Gasteiger partial charge is 0.444 e. The Balaban J connectivity index is 0.00000729. The quantitative estimate of drug-likeness (QED) is 0.192. The number of nitrogens with one attached hydrogen (secondary N) is 3. The molecule has 1 heterocycles. The minimum Gasteiger partial charge on any atom is -0.444 e. The number of hydrogen-bond donors (Lipinski definition) is 3. The van der Waals surface area contributed by atoms with Gasteiger partial charge in [-0.1, -0.05) is 13.3 Å². The van der Waals surface area contributed by atoms with Gasteiger partial charge in [0.25, 0.3) is 0 Å². The summed E-state index contributed by atoms with van der Waals surface area (Å²) in [6.07, 6.45) is 4.48. The Morgan fingerprint density at radius 3 is 2.36 bits per heavy atom. The lowest BCUT2D eigenvalue weighted by Gasteiger charge is -2.28. The minimum atomic E-state index is -0.460. The van der Waals surface area contributed by atoms with Gasteiger partial charge in [-0.25, -0.2) is 4.79 Å². The van der Waals surface area contributed by atoms with Gasteiger partial charge in [-0.3, -0.25) is 4.99 Å². The number of likely N-dealkylation sites (tertiary alicyclic amines) is 1. The Kier molecular flexibility index (Phi) is 14.7. The van der Waals surface area contributed by atoms with E-state index in [0.29, 0.717) is 12.5 Å². The summed E-state index contributed by atoms with van der Waals surface area (Å²) >= 11 is 0. The zero-order valence-electron chi connectivity index (χ0n) is 18.5. The van der Waals surface area contributed by atoms with Gasteiger partial charge in [0, 0.05) is 32.7 Å². The van der Waals surface area contributed by atoms with Crippen LogP contribution in [0.25, 0.3) is 0 Å². The number of amides is 1. The number of hydrogen-bond acceptors (Lipinski definition) is 4. The van der Waals surface area contributed by atoms with Crippen LogP contribution in [0.4, 0.5) is 4.79 Å². The van der Waals surface area contributed by atoms with Crippen molar-refractivity contribution in [3.05, 3.63) is 0 Å². The van der Waals surface area contributed by atoms with Crippen molar-refractivity contribution >= 4 is 36.0 Å². The average molecular weight is 511 g/mol. The lowest BCUT2D eigenvalue weighted by molar-refractivity contribution is 0.0527. The van der Waals surface area contributed by atoms with Gasteiger partial charge in [-0.05, 0) is 66.0 Å². The molecule has 1 amide bonds. The van der Waals surface area contributed by atoms with Crippen molar-refractivity contribution in [1.82, 2.24) is 20.9 Å². The van der Waals surface area contributed by atoms with Crippen LogP contribution in [0.3, 0.4) is 0 Å². The fraction of sp³-hybridized carbons (Fsp3) is 0.900. The van der Waals surface area contributed by atoms with Crippen LogP contribution >= 0.6 is 24.0 Å². The van der Waals surface area contributed by atoms with E-state index in [-0.39, 0.29) is 30.1 Å². The summed E-state index contributed by atoms with van der Waals surface area (Å²) in [5.41, 5.74) is -0.460. The highest BCUT2D eigenvalue weighted by atomic mass is 127. The Labute approximate surface area is 188 Å². The van der Waals surface area contributed by atoms with E-state index in [9.17, 15) is 4.79 Å². The zero-order chi connectivity index (χ0) is 20.1. The Morgan fingerprint density at radius 2 is 1.75 bits per heavy atom. The Morgan fingerprint density at radius 1 is 1.11 bits per heavy atom. The van der Waals surface area contributed by atoms with Gasteiger partial charge < -0.3 is 25.6 Å². The lowest BCUT2D eigenvalue weighted by atomic mass is 10.1. The van der Waals surface area contributed by atoms with Crippen LogP contribution in [0.5, 0.6) is 0 Å². The van der Waals surface area contributed by atoms with Crippen molar-refractivity contribution in [1.29, 1.82) is 0 Å². The van der Waals surface area contributed by atoms with Crippen LogP contribution in [-0.2, 0) is 4.74 Å². The highest BCUT2D eigenvalue weighted by molar-refractivity contribution is 14.0. The number of nitrogens with zero attached hydrogens (tertiary/aromatic N) is 2. The van der Waals surface area contributed by atoms with Crippen LogP contribution in [-0.4, -0.2) is 68.4 Å². The molecular formula is C20H42IN5O2. The summed E-state index contributed by atoms with van der Waals surface area (Å²) in [6.45, 7) is 16.5. The van der Waals surface area contributed by atoms with Crippen molar-refractivity contribution in [3.63, 3.8) is 0 Å². The third-order valence-electron chi connectivity index (χ3n) is 4.24. The van der Waals surface area contributed by atoms with Crippen LogP contribution < -0.4 is 16.0 Å². The summed E-state index contributed by atoms with van der Waals surface area (Å²) in [7, 11) is 0. The average Bonchev–Trinajstić information content (AvgIpc) is 2.58. The second-order valence-corrected chi connectivity index (χ2v) is 8.40. The fourth-order valence-corrected chi connectivity index (χ4v) is 3.03. The van der Waals surface area contributed by atoms with E-state index in [0.717, 1.165) is 38.6 Å². The molecule has 1 atom stereocenters. The number of halogens is 1. The number of aliphatic imine (C=N–C) groups is 1. The highest BCUT2D eigenvalue weighted by Gasteiger charge is 2.15. The first-order valence-corrected chi connectivity index (χ1v) is 10.5. The molecule has 7 nitrogen and oxygen atoms in total. The first kappa shape index (κ1) is 27.2. The topological polar surface area (TPSA) is 78.0 Å². The summed E-state index contributed by atoms with van der Waals surface area (Å²) < 4.78 is 5.22. The van der Waals surface area contributed by atoms with E-state index in [1.54, 1.807) is 0 Å². The summed E-state index contributed by atoms with van der Waals surface area (Å²) in [6, 6.07) is 0. The molecule has 0 bridgehead atoms. The molecule has 1 fully saturated rings. The smallest absolute Gasteiger partial charge is 0.407 e. The van der Waals surface area contributed by atoms with E-state index >= 15 is 0 Å². The minimum absolute atomic E-state index is 0. The third-order valence-corrected chi connectivity index (χ3v) is 4.24. The highest BCUT2D eigenvalue weighted by Crippen LogP contribution is 2.11. The lowest BCUT2D eigenvalue weighted by Crippen LogP contribution is -2.40. The Bertz CT molecular complexity index is 448. The van der Waals surface area contributed by atoms with Crippen molar-refractivity contribution in [2.45, 2.75) is 65.9 Å². The number of carbonyl (C=O) groups excluding carboxylic acids is 1. The number of ether oxygens (including phenoxy) is 1. The van der Waals surface area contributed by atoms with Crippen molar-refractivity contribution in [2.24, 2.45) is 10.9 Å². The first-order valence-electron chi connectivity index (χ1n) is 10.5. The van der Waals surface area contributed by atoms with Gasteiger partial charge in [0.2, 0.25) is 0 Å². The maximum absolute atomic E-state index is 11.6. The Hall–Kier alpha value is -0.770. The normalized spacial score (nSPS) is 16.7. The monoisotopic (exact) mass is 511 g/mol. The molecule has 0 saturated carbocycles. The predicted octanol–water partition coefficient (Wildman–Crippen LogP) is 3.20. The summed E-state index contributed by atoms with van der Waals surface area (Å²) in [5, 5.41) is 9.39. The molecular weight excluding hydrogens is 469 g/mol. The number of piperidine rings is 1. The molecule has 1 saturated heterocycles. The van der Waals surface area contributed by atoms with E-state index in [1.165, 1.54) is 32.4 Å². The van der Waals surface area contributed by atoms with Gasteiger partial charge in [0.15, 0.2) is 5.96 Å². The standard InChI is InChI=1S/C20H41N5O2.HI/c1-6-21-18(22-11-10-12-23-19(26)27-20(3,4)5)24-15-17(2)16-25-13-8-7-9-14-25;/h17H,6-16H2,1-5H3,(H,23,26)(H2,21,22,24);1H. The van der Waals surface area contributed by atoms with Crippen LogP contribution in [0.2, 0.25) is 0 Å².